The van der Waals surface area contributed by atoms with Crippen molar-refractivity contribution in [3.05, 3.63) is 77.3 Å². The molecule has 34 heavy (non-hydrogen) atoms. The van der Waals surface area contributed by atoms with Gasteiger partial charge in [-0.3, -0.25) is 9.69 Å². The van der Waals surface area contributed by atoms with Gasteiger partial charge in [0.2, 0.25) is 0 Å². The molecule has 0 bridgehead atoms. The zero-order valence-electron chi connectivity index (χ0n) is 19.0. The minimum Gasteiger partial charge on any atom is -0.319 e. The number of hydrogen-bond acceptors (Lipinski definition) is 5. The third-order valence-electron chi connectivity index (χ3n) is 7.19. The van der Waals surface area contributed by atoms with Crippen LogP contribution < -0.4 is 5.32 Å². The van der Waals surface area contributed by atoms with Gasteiger partial charge in [-0.2, -0.15) is 0 Å². The second-order valence-electron chi connectivity index (χ2n) is 9.40. The van der Waals surface area contributed by atoms with Crippen molar-refractivity contribution in [1.82, 2.24) is 20.1 Å². The van der Waals surface area contributed by atoms with E-state index in [0.717, 1.165) is 47.8 Å². The topological polar surface area (TPSA) is 65.5 Å². The Labute approximate surface area is 202 Å². The molecule has 2 saturated heterocycles. The van der Waals surface area contributed by atoms with Gasteiger partial charge >= 0.3 is 6.03 Å². The monoisotopic (exact) mass is 470 g/mol. The number of carbonyl (C=O) groups is 2. The standard InChI is InChI=1S/C27H26N4O2S/c1-27(21-11-10-18-6-2-3-7-20(18)16-21)25(32)31(26(33)29-27)17-30-14-12-19(13-15-30)24-28-22-8-4-5-9-23(22)34-24/h2-11,16,19H,12-15,17H2,1H3,(H,29,33)/t27-/m0/s1. The Kier molecular flexibility index (Phi) is 5.12. The van der Waals surface area contributed by atoms with Crippen molar-refractivity contribution in [3.63, 3.8) is 0 Å². The smallest absolute Gasteiger partial charge is 0.319 e. The fourth-order valence-electron chi connectivity index (χ4n) is 5.11. The van der Waals surface area contributed by atoms with Gasteiger partial charge in [0.05, 0.1) is 21.9 Å². The van der Waals surface area contributed by atoms with E-state index in [1.807, 2.05) is 48.5 Å². The summed E-state index contributed by atoms with van der Waals surface area (Å²) in [5.41, 5.74) is 0.819. The third kappa shape index (κ3) is 3.56. The number of urea groups is 1. The van der Waals surface area contributed by atoms with Gasteiger partial charge < -0.3 is 5.32 Å². The fourth-order valence-corrected chi connectivity index (χ4v) is 6.24. The normalized spacial score (nSPS) is 22.1. The first kappa shape index (κ1) is 21.3. The van der Waals surface area contributed by atoms with Crippen molar-refractivity contribution in [2.45, 2.75) is 31.2 Å². The summed E-state index contributed by atoms with van der Waals surface area (Å²) in [6.45, 7) is 3.80. The number of piperidine rings is 1. The lowest BCUT2D eigenvalue weighted by atomic mass is 9.90. The number of imide groups is 1. The molecule has 172 valence electrons. The molecule has 3 amide bonds. The van der Waals surface area contributed by atoms with Crippen LogP contribution in [0.15, 0.2) is 66.7 Å². The van der Waals surface area contributed by atoms with Gasteiger partial charge in [0.15, 0.2) is 0 Å². The zero-order chi connectivity index (χ0) is 23.3. The third-order valence-corrected chi connectivity index (χ3v) is 8.39. The first-order valence-corrected chi connectivity index (χ1v) is 12.5. The molecule has 2 aliphatic rings. The van der Waals surface area contributed by atoms with Crippen LogP contribution in [0.1, 0.15) is 36.3 Å². The average Bonchev–Trinajstić information content (AvgIpc) is 3.39. The van der Waals surface area contributed by atoms with E-state index in [0.29, 0.717) is 12.6 Å². The number of thiazole rings is 1. The van der Waals surface area contributed by atoms with Gasteiger partial charge in [0.25, 0.3) is 5.91 Å². The molecule has 0 unspecified atom stereocenters. The molecular weight excluding hydrogens is 444 g/mol. The quantitative estimate of drug-likeness (QED) is 0.424. The van der Waals surface area contributed by atoms with Crippen LogP contribution in [0.5, 0.6) is 0 Å². The highest BCUT2D eigenvalue weighted by atomic mass is 32.1. The molecular formula is C27H26N4O2S. The van der Waals surface area contributed by atoms with Crippen LogP contribution >= 0.6 is 11.3 Å². The second kappa shape index (κ2) is 8.18. The van der Waals surface area contributed by atoms with Crippen molar-refractivity contribution in [2.24, 2.45) is 0 Å². The highest BCUT2D eigenvalue weighted by Gasteiger charge is 2.49. The number of fused-ring (bicyclic) bond motifs is 2. The van der Waals surface area contributed by atoms with E-state index in [2.05, 4.69) is 28.4 Å². The maximum Gasteiger partial charge on any atom is 0.326 e. The van der Waals surface area contributed by atoms with Gasteiger partial charge in [0, 0.05) is 19.0 Å². The molecule has 6 nitrogen and oxygen atoms in total. The molecule has 6 rings (SSSR count). The van der Waals surface area contributed by atoms with Crippen molar-refractivity contribution < 1.29 is 9.59 Å². The Morgan fingerprint density at radius 1 is 1.00 bits per heavy atom. The molecule has 2 fully saturated rings. The lowest BCUT2D eigenvalue weighted by molar-refractivity contribution is -0.132. The number of amides is 3. The summed E-state index contributed by atoms with van der Waals surface area (Å²) in [7, 11) is 0. The Bertz CT molecular complexity index is 1380. The molecule has 1 N–H and O–H groups in total. The summed E-state index contributed by atoms with van der Waals surface area (Å²) < 4.78 is 1.23. The number of hydrogen-bond donors (Lipinski definition) is 1. The lowest BCUT2D eigenvalue weighted by Gasteiger charge is -2.33. The Hall–Kier alpha value is -3.29. The number of benzene rings is 3. The van der Waals surface area contributed by atoms with Crippen LogP contribution in [0.25, 0.3) is 21.0 Å². The highest BCUT2D eigenvalue weighted by Crippen LogP contribution is 2.35. The van der Waals surface area contributed by atoms with Gasteiger partial charge in [-0.25, -0.2) is 14.7 Å². The van der Waals surface area contributed by atoms with Crippen LogP contribution in [0.4, 0.5) is 4.79 Å². The maximum atomic E-state index is 13.4. The van der Waals surface area contributed by atoms with Crippen molar-refractivity contribution in [3.8, 4) is 0 Å². The minimum absolute atomic E-state index is 0.193. The molecule has 7 heteroatoms. The van der Waals surface area contributed by atoms with Crippen LogP contribution in [0, 0.1) is 0 Å². The van der Waals surface area contributed by atoms with E-state index in [9.17, 15) is 9.59 Å². The van der Waals surface area contributed by atoms with Crippen LogP contribution in [-0.4, -0.2) is 46.5 Å². The molecule has 0 saturated carbocycles. The zero-order valence-corrected chi connectivity index (χ0v) is 19.8. The Morgan fingerprint density at radius 2 is 1.74 bits per heavy atom. The number of nitrogens with one attached hydrogen (secondary N) is 1. The summed E-state index contributed by atoms with van der Waals surface area (Å²) in [5.74, 6) is 0.237. The average molecular weight is 471 g/mol. The van der Waals surface area contributed by atoms with E-state index in [-0.39, 0.29) is 11.9 Å². The first-order valence-electron chi connectivity index (χ1n) is 11.7. The van der Waals surface area contributed by atoms with E-state index in [4.69, 9.17) is 4.98 Å². The maximum absolute atomic E-state index is 13.4. The molecule has 3 heterocycles. The molecule has 2 aliphatic heterocycles. The van der Waals surface area contributed by atoms with Gasteiger partial charge in [0.1, 0.15) is 5.54 Å². The fraction of sp³-hybridized carbons (Fsp3) is 0.296. The molecule has 1 aromatic heterocycles. The van der Waals surface area contributed by atoms with Gasteiger partial charge in [-0.15, -0.1) is 11.3 Å². The van der Waals surface area contributed by atoms with Gasteiger partial charge in [-0.05, 0) is 54.3 Å². The molecule has 1 atom stereocenters. The van der Waals surface area contributed by atoms with Crippen molar-refractivity contribution in [1.29, 1.82) is 0 Å². The number of nitrogens with zero attached hydrogens (tertiary/aromatic N) is 3. The summed E-state index contributed by atoms with van der Waals surface area (Å²) in [5, 5.41) is 6.31. The van der Waals surface area contributed by atoms with E-state index >= 15 is 0 Å². The van der Waals surface area contributed by atoms with Crippen molar-refractivity contribution >= 4 is 44.3 Å². The predicted molar refractivity (Wildman–Crippen MR) is 135 cm³/mol. The van der Waals surface area contributed by atoms with Crippen LogP contribution in [0.2, 0.25) is 0 Å². The van der Waals surface area contributed by atoms with E-state index in [1.165, 1.54) is 14.6 Å². The number of aromatic nitrogens is 1. The molecule has 4 aromatic rings. The lowest BCUT2D eigenvalue weighted by Crippen LogP contribution is -2.46. The van der Waals surface area contributed by atoms with Crippen LogP contribution in [-0.2, 0) is 10.3 Å². The summed E-state index contributed by atoms with van der Waals surface area (Å²) in [6, 6.07) is 21.9. The van der Waals surface area contributed by atoms with E-state index < -0.39 is 5.54 Å². The summed E-state index contributed by atoms with van der Waals surface area (Å²) in [6.07, 6.45) is 1.96. The predicted octanol–water partition coefficient (Wildman–Crippen LogP) is 5.05. The highest BCUT2D eigenvalue weighted by molar-refractivity contribution is 7.18. The molecule has 0 spiro atoms. The SMILES string of the molecule is C[C@@]1(c2ccc3ccccc3c2)NC(=O)N(CN2CCC(c3nc4ccccc4s3)CC2)C1=O. The van der Waals surface area contributed by atoms with Crippen LogP contribution in [0.3, 0.4) is 0 Å². The first-order chi connectivity index (χ1) is 16.5. The molecule has 0 radical (unpaired) electrons. The summed E-state index contributed by atoms with van der Waals surface area (Å²) >= 11 is 1.78. The number of carbonyl (C=O) groups excluding carboxylic acids is 2. The molecule has 0 aliphatic carbocycles. The number of para-hydroxylation sites is 1. The largest absolute Gasteiger partial charge is 0.326 e. The van der Waals surface area contributed by atoms with E-state index in [1.54, 1.807) is 18.3 Å². The Balaban J connectivity index is 1.14. The van der Waals surface area contributed by atoms with Crippen molar-refractivity contribution in [2.75, 3.05) is 19.8 Å². The Morgan fingerprint density at radius 3 is 2.53 bits per heavy atom. The summed E-state index contributed by atoms with van der Waals surface area (Å²) in [4.78, 5) is 34.7. The van der Waals surface area contributed by atoms with Gasteiger partial charge in [-0.1, -0.05) is 48.5 Å². The number of likely N-dealkylation sites (tertiary alicyclic amines) is 1. The minimum atomic E-state index is -1.06. The molecule has 3 aromatic carbocycles. The number of rotatable bonds is 4. The second-order valence-corrected chi connectivity index (χ2v) is 10.5.